The summed E-state index contributed by atoms with van der Waals surface area (Å²) in [6.07, 6.45) is 6.25. The second-order valence-electron chi connectivity index (χ2n) is 6.55. The highest BCUT2D eigenvalue weighted by atomic mass is 16.3. The summed E-state index contributed by atoms with van der Waals surface area (Å²) in [5, 5.41) is 10.2. The van der Waals surface area contributed by atoms with Crippen molar-refractivity contribution in [2.24, 2.45) is 17.8 Å². The van der Waals surface area contributed by atoms with Crippen molar-refractivity contribution in [3.63, 3.8) is 0 Å². The van der Waals surface area contributed by atoms with Crippen molar-refractivity contribution in [2.75, 3.05) is 0 Å². The molecule has 16 heavy (non-hydrogen) atoms. The molecule has 2 aliphatic rings. The molecule has 0 aromatic heterocycles. The Bertz CT molecular complexity index is 295. The molecule has 2 aliphatic carbocycles. The molecule has 1 fully saturated rings. The van der Waals surface area contributed by atoms with Crippen LogP contribution in [0.3, 0.4) is 0 Å². The molecule has 0 amide bonds. The van der Waals surface area contributed by atoms with Gasteiger partial charge < -0.3 is 5.11 Å². The molecular weight excluding hydrogens is 196 g/mol. The molecule has 0 bridgehead atoms. The SMILES string of the molecule is CC1=C2CCC(C)C2CC(C(C)(C)O)CC1. The zero-order chi connectivity index (χ0) is 11.9. The Morgan fingerprint density at radius 2 is 1.88 bits per heavy atom. The van der Waals surface area contributed by atoms with Gasteiger partial charge in [0.25, 0.3) is 0 Å². The Morgan fingerprint density at radius 3 is 2.50 bits per heavy atom. The minimum absolute atomic E-state index is 0.477. The first kappa shape index (κ1) is 12.2. The van der Waals surface area contributed by atoms with Crippen LogP contribution < -0.4 is 0 Å². The molecule has 0 aromatic carbocycles. The molecule has 0 heterocycles. The summed E-state index contributed by atoms with van der Waals surface area (Å²) in [6, 6.07) is 0. The molecule has 0 aliphatic heterocycles. The van der Waals surface area contributed by atoms with Crippen LogP contribution in [0.1, 0.15) is 59.8 Å². The van der Waals surface area contributed by atoms with Crippen LogP contribution in [0.15, 0.2) is 11.1 Å². The van der Waals surface area contributed by atoms with Crippen LogP contribution in [0.5, 0.6) is 0 Å². The smallest absolute Gasteiger partial charge is 0.0620 e. The second-order valence-corrected chi connectivity index (χ2v) is 6.55. The lowest BCUT2D eigenvalue weighted by Gasteiger charge is -2.31. The zero-order valence-corrected chi connectivity index (χ0v) is 11.2. The summed E-state index contributed by atoms with van der Waals surface area (Å²) in [4.78, 5) is 0. The van der Waals surface area contributed by atoms with Crippen molar-refractivity contribution >= 4 is 0 Å². The minimum Gasteiger partial charge on any atom is -0.390 e. The quantitative estimate of drug-likeness (QED) is 0.667. The van der Waals surface area contributed by atoms with E-state index < -0.39 is 5.60 Å². The van der Waals surface area contributed by atoms with Crippen LogP contribution in [0.2, 0.25) is 0 Å². The van der Waals surface area contributed by atoms with Crippen LogP contribution in [-0.4, -0.2) is 10.7 Å². The Morgan fingerprint density at radius 1 is 1.19 bits per heavy atom. The van der Waals surface area contributed by atoms with Gasteiger partial charge in [0, 0.05) is 0 Å². The van der Waals surface area contributed by atoms with E-state index in [0.29, 0.717) is 5.92 Å². The summed E-state index contributed by atoms with van der Waals surface area (Å²) in [5.41, 5.74) is 2.86. The van der Waals surface area contributed by atoms with E-state index in [4.69, 9.17) is 0 Å². The molecule has 2 rings (SSSR count). The fraction of sp³-hybridized carbons (Fsp3) is 0.867. The number of hydrogen-bond acceptors (Lipinski definition) is 1. The Hall–Kier alpha value is -0.300. The van der Waals surface area contributed by atoms with Crippen LogP contribution >= 0.6 is 0 Å². The number of hydrogen-bond donors (Lipinski definition) is 1. The zero-order valence-electron chi connectivity index (χ0n) is 11.2. The number of aliphatic hydroxyl groups is 1. The van der Waals surface area contributed by atoms with E-state index in [-0.39, 0.29) is 0 Å². The van der Waals surface area contributed by atoms with Gasteiger partial charge in [0.1, 0.15) is 0 Å². The summed E-state index contributed by atoms with van der Waals surface area (Å²) in [5.74, 6) is 2.07. The fourth-order valence-electron chi connectivity index (χ4n) is 3.63. The molecule has 1 heteroatoms. The van der Waals surface area contributed by atoms with E-state index in [0.717, 1.165) is 11.8 Å². The maximum absolute atomic E-state index is 10.2. The van der Waals surface area contributed by atoms with Gasteiger partial charge in [0.05, 0.1) is 5.60 Å². The van der Waals surface area contributed by atoms with Gasteiger partial charge in [-0.1, -0.05) is 18.1 Å². The molecule has 3 atom stereocenters. The molecule has 1 saturated carbocycles. The molecule has 0 saturated heterocycles. The van der Waals surface area contributed by atoms with Gasteiger partial charge in [0.2, 0.25) is 0 Å². The van der Waals surface area contributed by atoms with Gasteiger partial charge in [-0.2, -0.15) is 0 Å². The number of rotatable bonds is 1. The highest BCUT2D eigenvalue weighted by Crippen LogP contribution is 2.47. The van der Waals surface area contributed by atoms with E-state index in [1.807, 2.05) is 13.8 Å². The predicted octanol–water partition coefficient (Wildman–Crippen LogP) is 3.92. The van der Waals surface area contributed by atoms with Crippen LogP contribution in [-0.2, 0) is 0 Å². The van der Waals surface area contributed by atoms with Crippen LogP contribution in [0.25, 0.3) is 0 Å². The summed E-state index contributed by atoms with van der Waals surface area (Å²) in [7, 11) is 0. The van der Waals surface area contributed by atoms with E-state index in [1.54, 1.807) is 11.1 Å². The lowest BCUT2D eigenvalue weighted by molar-refractivity contribution is 0.00398. The molecule has 92 valence electrons. The number of fused-ring (bicyclic) bond motifs is 1. The normalized spacial score (nSPS) is 36.2. The molecule has 0 aromatic rings. The lowest BCUT2D eigenvalue weighted by atomic mass is 9.79. The molecular formula is C15H26O. The highest BCUT2D eigenvalue weighted by molar-refractivity contribution is 5.22. The van der Waals surface area contributed by atoms with Crippen molar-refractivity contribution in [2.45, 2.75) is 65.4 Å². The van der Waals surface area contributed by atoms with Gasteiger partial charge in [-0.15, -0.1) is 0 Å². The maximum Gasteiger partial charge on any atom is 0.0620 e. The Balaban J connectivity index is 2.21. The highest BCUT2D eigenvalue weighted by Gasteiger charge is 2.37. The predicted molar refractivity (Wildman–Crippen MR) is 68.2 cm³/mol. The lowest BCUT2D eigenvalue weighted by Crippen LogP contribution is -2.32. The minimum atomic E-state index is -0.502. The monoisotopic (exact) mass is 222 g/mol. The molecule has 0 radical (unpaired) electrons. The average Bonchev–Trinajstić information content (AvgIpc) is 2.42. The molecule has 3 unspecified atom stereocenters. The summed E-state index contributed by atoms with van der Waals surface area (Å²) in [6.45, 7) is 8.67. The third-order valence-corrected chi connectivity index (χ3v) is 4.96. The largest absolute Gasteiger partial charge is 0.390 e. The summed E-state index contributed by atoms with van der Waals surface area (Å²) >= 11 is 0. The average molecular weight is 222 g/mol. The topological polar surface area (TPSA) is 20.2 Å². The van der Waals surface area contributed by atoms with Crippen molar-refractivity contribution < 1.29 is 5.11 Å². The summed E-state index contributed by atoms with van der Waals surface area (Å²) < 4.78 is 0. The van der Waals surface area contributed by atoms with Crippen molar-refractivity contribution in [3.8, 4) is 0 Å². The van der Waals surface area contributed by atoms with E-state index in [1.165, 1.54) is 32.1 Å². The number of allylic oxidation sites excluding steroid dienone is 2. The third-order valence-electron chi connectivity index (χ3n) is 4.96. The Labute approximate surface area is 99.9 Å². The van der Waals surface area contributed by atoms with E-state index >= 15 is 0 Å². The Kier molecular flexibility index (Phi) is 3.18. The molecule has 1 N–H and O–H groups in total. The van der Waals surface area contributed by atoms with E-state index in [2.05, 4.69) is 13.8 Å². The molecule has 1 nitrogen and oxygen atoms in total. The van der Waals surface area contributed by atoms with Gasteiger partial charge in [-0.25, -0.2) is 0 Å². The first-order chi connectivity index (χ1) is 7.39. The van der Waals surface area contributed by atoms with Crippen LogP contribution in [0.4, 0.5) is 0 Å². The van der Waals surface area contributed by atoms with E-state index in [9.17, 15) is 5.11 Å². The molecule has 0 spiro atoms. The van der Waals surface area contributed by atoms with Crippen LogP contribution in [0, 0.1) is 17.8 Å². The first-order valence-corrected chi connectivity index (χ1v) is 6.80. The standard InChI is InChI=1S/C15H26O/c1-10-5-7-12(15(3,4)16)9-14-11(2)6-8-13(10)14/h11-12,14,16H,5-9H2,1-4H3. The van der Waals surface area contributed by atoms with Gasteiger partial charge in [-0.05, 0) is 70.6 Å². The van der Waals surface area contributed by atoms with Crippen molar-refractivity contribution in [3.05, 3.63) is 11.1 Å². The van der Waals surface area contributed by atoms with Gasteiger partial charge in [-0.3, -0.25) is 0 Å². The van der Waals surface area contributed by atoms with Gasteiger partial charge >= 0.3 is 0 Å². The maximum atomic E-state index is 10.2. The van der Waals surface area contributed by atoms with Gasteiger partial charge in [0.15, 0.2) is 0 Å². The fourth-order valence-corrected chi connectivity index (χ4v) is 3.63. The first-order valence-electron chi connectivity index (χ1n) is 6.80. The van der Waals surface area contributed by atoms with Crippen molar-refractivity contribution in [1.82, 2.24) is 0 Å². The second kappa shape index (κ2) is 4.18. The van der Waals surface area contributed by atoms with Crippen molar-refractivity contribution in [1.29, 1.82) is 0 Å². The third kappa shape index (κ3) is 2.20.